The Morgan fingerprint density at radius 3 is 2.77 bits per heavy atom. The first-order chi connectivity index (χ1) is 10.5. The van der Waals surface area contributed by atoms with Crippen molar-refractivity contribution in [3.63, 3.8) is 0 Å². The van der Waals surface area contributed by atoms with E-state index in [1.807, 2.05) is 13.2 Å². The van der Waals surface area contributed by atoms with Crippen LogP contribution in [0.5, 0.6) is 0 Å². The minimum Gasteiger partial charge on any atom is -0.391 e. The van der Waals surface area contributed by atoms with E-state index in [-0.39, 0.29) is 17.9 Å². The number of carbonyl (C=O) groups excluding carboxylic acids is 2. The highest BCUT2D eigenvalue weighted by molar-refractivity contribution is 5.91. The molecule has 1 fully saturated rings. The summed E-state index contributed by atoms with van der Waals surface area (Å²) in [5.74, 6) is -0.264. The fourth-order valence-electron chi connectivity index (χ4n) is 2.54. The third-order valence-electron chi connectivity index (χ3n) is 3.71. The molecule has 7 nitrogen and oxygen atoms in total. The molecule has 2 heterocycles. The molecule has 2 atom stereocenters. The summed E-state index contributed by atoms with van der Waals surface area (Å²) in [5, 5.41) is 16.8. The van der Waals surface area contributed by atoms with Crippen LogP contribution in [0.4, 0.5) is 0 Å². The maximum absolute atomic E-state index is 12.2. The van der Waals surface area contributed by atoms with E-state index in [4.69, 9.17) is 0 Å². The number of likely N-dealkylation sites (tertiary alicyclic amines) is 1. The van der Waals surface area contributed by atoms with Crippen LogP contribution < -0.4 is 5.32 Å². The van der Waals surface area contributed by atoms with E-state index in [0.29, 0.717) is 25.9 Å². The van der Waals surface area contributed by atoms with Crippen LogP contribution in [0.2, 0.25) is 0 Å². The zero-order chi connectivity index (χ0) is 16.1. The molecular formula is C15H22N4O3. The number of hydrogen-bond donors (Lipinski definition) is 2. The molecule has 2 rings (SSSR count). The number of hydrogen-bond acceptors (Lipinski definition) is 4. The summed E-state index contributed by atoms with van der Waals surface area (Å²) in [6, 6.07) is -0.294. The highest BCUT2D eigenvalue weighted by Gasteiger charge is 2.26. The van der Waals surface area contributed by atoms with E-state index >= 15 is 0 Å². The Kier molecular flexibility index (Phi) is 5.32. The highest BCUT2D eigenvalue weighted by Crippen LogP contribution is 2.13. The lowest BCUT2D eigenvalue weighted by atomic mass is 10.1. The molecule has 1 aromatic rings. The normalized spacial score (nSPS) is 22.6. The third-order valence-corrected chi connectivity index (χ3v) is 3.71. The largest absolute Gasteiger partial charge is 0.391 e. The van der Waals surface area contributed by atoms with Crippen LogP contribution in [0.1, 0.15) is 25.3 Å². The smallest absolute Gasteiger partial charge is 0.246 e. The first-order valence-electron chi connectivity index (χ1n) is 7.36. The molecule has 0 bridgehead atoms. The van der Waals surface area contributed by atoms with Crippen molar-refractivity contribution in [3.05, 3.63) is 24.0 Å². The Morgan fingerprint density at radius 2 is 2.14 bits per heavy atom. The van der Waals surface area contributed by atoms with Gasteiger partial charge >= 0.3 is 0 Å². The van der Waals surface area contributed by atoms with Gasteiger partial charge in [0.2, 0.25) is 11.8 Å². The van der Waals surface area contributed by atoms with Crippen molar-refractivity contribution in [3.8, 4) is 0 Å². The lowest BCUT2D eigenvalue weighted by Gasteiger charge is -2.20. The summed E-state index contributed by atoms with van der Waals surface area (Å²) >= 11 is 0. The molecule has 1 aliphatic rings. The van der Waals surface area contributed by atoms with Gasteiger partial charge in [-0.15, -0.1) is 0 Å². The monoisotopic (exact) mass is 306 g/mol. The minimum absolute atomic E-state index is 0.0977. The predicted molar refractivity (Wildman–Crippen MR) is 81.7 cm³/mol. The molecule has 0 radical (unpaired) electrons. The number of amides is 2. The topological polar surface area (TPSA) is 87.5 Å². The van der Waals surface area contributed by atoms with E-state index in [2.05, 4.69) is 10.4 Å². The Morgan fingerprint density at radius 1 is 1.41 bits per heavy atom. The zero-order valence-corrected chi connectivity index (χ0v) is 12.9. The average molecular weight is 306 g/mol. The van der Waals surface area contributed by atoms with Gasteiger partial charge in [0.1, 0.15) is 0 Å². The van der Waals surface area contributed by atoms with Crippen molar-refractivity contribution >= 4 is 17.9 Å². The van der Waals surface area contributed by atoms with Gasteiger partial charge in [-0.1, -0.05) is 0 Å². The standard InChI is InChI=1S/C15H22N4O3/c1-11(20)17-13-5-7-19(8-6-14(13)21)15(22)4-3-12-9-16-18(2)10-12/h3-4,9-10,13-14,21H,5-8H2,1-2H3,(H,17,20)/b4-3+/t13-,14-/m0/s1. The van der Waals surface area contributed by atoms with E-state index in [1.54, 1.807) is 21.9 Å². The molecule has 0 saturated carbocycles. The number of carbonyl (C=O) groups is 2. The van der Waals surface area contributed by atoms with Crippen LogP contribution in [-0.2, 0) is 16.6 Å². The molecule has 2 amide bonds. The van der Waals surface area contributed by atoms with Crippen LogP contribution >= 0.6 is 0 Å². The summed E-state index contributed by atoms with van der Waals surface area (Å²) in [5.41, 5.74) is 0.863. The van der Waals surface area contributed by atoms with Crippen LogP contribution in [0.25, 0.3) is 6.08 Å². The van der Waals surface area contributed by atoms with Crippen LogP contribution in [0.15, 0.2) is 18.5 Å². The van der Waals surface area contributed by atoms with Crippen molar-refractivity contribution in [2.24, 2.45) is 7.05 Å². The van der Waals surface area contributed by atoms with Gasteiger partial charge in [-0.3, -0.25) is 14.3 Å². The van der Waals surface area contributed by atoms with Crippen molar-refractivity contribution in [1.82, 2.24) is 20.0 Å². The zero-order valence-electron chi connectivity index (χ0n) is 12.9. The van der Waals surface area contributed by atoms with E-state index in [0.717, 1.165) is 5.56 Å². The lowest BCUT2D eigenvalue weighted by Crippen LogP contribution is -2.42. The summed E-state index contributed by atoms with van der Waals surface area (Å²) < 4.78 is 1.67. The molecule has 1 saturated heterocycles. The molecule has 0 aliphatic carbocycles. The number of aliphatic hydroxyl groups is 1. The second-order valence-corrected chi connectivity index (χ2v) is 5.56. The van der Waals surface area contributed by atoms with Crippen molar-refractivity contribution < 1.29 is 14.7 Å². The molecule has 0 spiro atoms. The molecule has 1 aliphatic heterocycles. The molecule has 120 valence electrons. The quantitative estimate of drug-likeness (QED) is 0.765. The number of aromatic nitrogens is 2. The molecule has 2 N–H and O–H groups in total. The van der Waals surface area contributed by atoms with E-state index in [1.165, 1.54) is 13.0 Å². The Bertz CT molecular complexity index is 567. The number of nitrogens with one attached hydrogen (secondary N) is 1. The highest BCUT2D eigenvalue weighted by atomic mass is 16.3. The second kappa shape index (κ2) is 7.22. The van der Waals surface area contributed by atoms with Gasteiger partial charge in [-0.25, -0.2) is 0 Å². The van der Waals surface area contributed by atoms with Crippen molar-refractivity contribution in [1.29, 1.82) is 0 Å². The molecule has 0 unspecified atom stereocenters. The first-order valence-corrected chi connectivity index (χ1v) is 7.36. The van der Waals surface area contributed by atoms with Crippen LogP contribution in [0.3, 0.4) is 0 Å². The van der Waals surface area contributed by atoms with Gasteiger partial charge in [-0.2, -0.15) is 5.10 Å². The fourth-order valence-corrected chi connectivity index (χ4v) is 2.54. The van der Waals surface area contributed by atoms with Gasteiger partial charge in [0.25, 0.3) is 0 Å². The lowest BCUT2D eigenvalue weighted by molar-refractivity contribution is -0.126. The summed E-state index contributed by atoms with van der Waals surface area (Å²) in [4.78, 5) is 25.0. The van der Waals surface area contributed by atoms with Gasteiger partial charge in [0.15, 0.2) is 0 Å². The Balaban J connectivity index is 1.93. The average Bonchev–Trinajstić information content (AvgIpc) is 2.79. The summed E-state index contributed by atoms with van der Waals surface area (Å²) in [7, 11) is 1.82. The fraction of sp³-hybridized carbons (Fsp3) is 0.533. The number of aryl methyl sites for hydroxylation is 1. The molecule has 22 heavy (non-hydrogen) atoms. The number of rotatable bonds is 3. The summed E-state index contributed by atoms with van der Waals surface area (Å²) in [6.45, 7) is 2.42. The van der Waals surface area contributed by atoms with Gasteiger partial charge in [0.05, 0.1) is 18.3 Å². The maximum Gasteiger partial charge on any atom is 0.246 e. The molecule has 1 aromatic heterocycles. The van der Waals surface area contributed by atoms with Crippen LogP contribution in [0, 0.1) is 0 Å². The molecule has 7 heteroatoms. The maximum atomic E-state index is 12.2. The molecular weight excluding hydrogens is 284 g/mol. The van der Waals surface area contributed by atoms with E-state index in [9.17, 15) is 14.7 Å². The Labute approximate surface area is 129 Å². The number of aliphatic hydroxyl groups excluding tert-OH is 1. The molecule has 0 aromatic carbocycles. The second-order valence-electron chi connectivity index (χ2n) is 5.56. The van der Waals surface area contributed by atoms with Crippen LogP contribution in [-0.4, -0.2) is 56.8 Å². The predicted octanol–water partition coefficient (Wildman–Crippen LogP) is -0.0787. The minimum atomic E-state index is -0.621. The SMILES string of the molecule is CC(=O)N[C@H]1CCN(C(=O)/C=C/c2cnn(C)c2)CC[C@@H]1O. The van der Waals surface area contributed by atoms with Gasteiger partial charge in [0, 0.05) is 44.9 Å². The Hall–Kier alpha value is -2.15. The van der Waals surface area contributed by atoms with Gasteiger partial charge in [-0.05, 0) is 18.9 Å². The van der Waals surface area contributed by atoms with E-state index < -0.39 is 6.10 Å². The van der Waals surface area contributed by atoms with Gasteiger partial charge < -0.3 is 15.3 Å². The van der Waals surface area contributed by atoms with Crippen molar-refractivity contribution in [2.75, 3.05) is 13.1 Å². The van der Waals surface area contributed by atoms with Crippen molar-refractivity contribution in [2.45, 2.75) is 31.9 Å². The first kappa shape index (κ1) is 16.2. The summed E-state index contributed by atoms with van der Waals surface area (Å²) in [6.07, 6.45) is 7.13. The third kappa shape index (κ3) is 4.42. The number of nitrogens with zero attached hydrogens (tertiary/aromatic N) is 3.